The molecule has 9 heteroatoms. The van der Waals surface area contributed by atoms with E-state index < -0.39 is 27.6 Å². The number of rotatable bonds is 5. The van der Waals surface area contributed by atoms with E-state index in [1.165, 1.54) is 24.3 Å². The van der Waals surface area contributed by atoms with Gasteiger partial charge in [0, 0.05) is 16.8 Å². The molecule has 7 nitrogen and oxygen atoms in total. The van der Waals surface area contributed by atoms with Gasteiger partial charge in [-0.15, -0.1) is 0 Å². The molecule has 0 atom stereocenters. The molecule has 0 saturated carbocycles. The molecule has 0 heterocycles. The molecule has 3 aromatic rings. The van der Waals surface area contributed by atoms with E-state index in [0.717, 1.165) is 24.3 Å². The van der Waals surface area contributed by atoms with Crippen molar-refractivity contribution in [3.8, 4) is 0 Å². The first-order valence-corrected chi connectivity index (χ1v) is 10.8. The van der Waals surface area contributed by atoms with Crippen LogP contribution in [0.1, 0.15) is 26.3 Å². The average Bonchev–Trinajstić information content (AvgIpc) is 2.77. The van der Waals surface area contributed by atoms with Gasteiger partial charge in [0.1, 0.15) is 5.82 Å². The number of sulfonamides is 1. The topological polar surface area (TPSA) is 113 Å². The summed E-state index contributed by atoms with van der Waals surface area (Å²) in [6, 6.07) is 16.5. The number of ketones is 1. The molecule has 0 aromatic heterocycles. The molecule has 0 saturated heterocycles. The summed E-state index contributed by atoms with van der Waals surface area (Å²) in [5, 5.41) is 12.0. The second-order valence-corrected chi connectivity index (χ2v) is 8.45. The molecule has 0 spiro atoms. The molecule has 1 aliphatic carbocycles. The van der Waals surface area contributed by atoms with Crippen LogP contribution in [0, 0.1) is 5.82 Å². The lowest BCUT2D eigenvalue weighted by molar-refractivity contribution is 0.0696. The zero-order chi connectivity index (χ0) is 22.9. The first kappa shape index (κ1) is 21.1. The van der Waals surface area contributed by atoms with Crippen molar-refractivity contribution in [2.75, 3.05) is 5.32 Å². The standard InChI is InChI=1S/C23H15FN2O5S/c24-15-8-10-17(11-9-15)32(30,31)26-20-13-21(22(27)19-7-2-1-6-18(19)20)25-16-5-3-4-14(12-16)23(28)29/h1-13,25H,(H,28,29)/b26-20-. The number of hydrogen-bond acceptors (Lipinski definition) is 5. The predicted molar refractivity (Wildman–Crippen MR) is 116 cm³/mol. The van der Waals surface area contributed by atoms with Crippen LogP contribution in [-0.2, 0) is 10.0 Å². The van der Waals surface area contributed by atoms with E-state index in [0.29, 0.717) is 11.3 Å². The number of carboxylic acid groups (broad SMARTS) is 1. The lowest BCUT2D eigenvalue weighted by Crippen LogP contribution is -2.22. The number of Topliss-reactive ketones (excluding diaryl/α,β-unsaturated/α-hetero) is 1. The number of halogens is 1. The Labute approximate surface area is 182 Å². The Bertz CT molecular complexity index is 1410. The number of allylic oxidation sites excluding steroid dienone is 2. The third-order valence-electron chi connectivity index (χ3n) is 4.69. The van der Waals surface area contributed by atoms with Gasteiger partial charge in [0.2, 0.25) is 5.78 Å². The molecule has 32 heavy (non-hydrogen) atoms. The number of carbonyl (C=O) groups is 2. The summed E-state index contributed by atoms with van der Waals surface area (Å²) >= 11 is 0. The summed E-state index contributed by atoms with van der Waals surface area (Å²) in [4.78, 5) is 24.0. The van der Waals surface area contributed by atoms with Crippen molar-refractivity contribution in [2.45, 2.75) is 4.90 Å². The molecule has 0 aliphatic heterocycles. The Morgan fingerprint density at radius 2 is 1.62 bits per heavy atom. The Kier molecular flexibility index (Phi) is 5.41. The second kappa shape index (κ2) is 8.20. The summed E-state index contributed by atoms with van der Waals surface area (Å²) in [5.41, 5.74) is 0.963. The average molecular weight is 450 g/mol. The van der Waals surface area contributed by atoms with Crippen LogP contribution in [0.2, 0.25) is 0 Å². The van der Waals surface area contributed by atoms with Crippen LogP contribution in [-0.4, -0.2) is 31.0 Å². The molecule has 0 radical (unpaired) electrons. The van der Waals surface area contributed by atoms with Crippen LogP contribution in [0.15, 0.2) is 93.9 Å². The quantitative estimate of drug-likeness (QED) is 0.610. The highest BCUT2D eigenvalue weighted by atomic mass is 32.2. The molecular formula is C23H15FN2O5S. The van der Waals surface area contributed by atoms with Crippen LogP contribution in [0.3, 0.4) is 0 Å². The van der Waals surface area contributed by atoms with E-state index >= 15 is 0 Å². The normalized spacial score (nSPS) is 14.6. The predicted octanol–water partition coefficient (Wildman–Crippen LogP) is 3.89. The SMILES string of the molecule is O=C(O)c1cccc(NC2=C/C(=N/S(=O)(=O)c3ccc(F)cc3)c3ccccc3C2=O)c1. The largest absolute Gasteiger partial charge is 0.478 e. The van der Waals surface area contributed by atoms with Gasteiger partial charge in [-0.05, 0) is 48.5 Å². The number of fused-ring (bicyclic) bond motifs is 1. The summed E-state index contributed by atoms with van der Waals surface area (Å²) in [6.45, 7) is 0. The molecule has 0 unspecified atom stereocenters. The molecule has 160 valence electrons. The number of benzene rings is 3. The van der Waals surface area contributed by atoms with E-state index in [1.807, 2.05) is 0 Å². The van der Waals surface area contributed by atoms with Gasteiger partial charge in [0.15, 0.2) is 0 Å². The maximum atomic E-state index is 13.2. The first-order chi connectivity index (χ1) is 15.2. The van der Waals surface area contributed by atoms with Crippen molar-refractivity contribution >= 4 is 33.2 Å². The Morgan fingerprint density at radius 3 is 2.31 bits per heavy atom. The number of anilines is 1. The Morgan fingerprint density at radius 1 is 0.938 bits per heavy atom. The van der Waals surface area contributed by atoms with Crippen LogP contribution in [0.5, 0.6) is 0 Å². The third kappa shape index (κ3) is 4.19. The number of carboxylic acids is 1. The van der Waals surface area contributed by atoms with Crippen molar-refractivity contribution in [2.24, 2.45) is 4.40 Å². The molecule has 2 N–H and O–H groups in total. The zero-order valence-electron chi connectivity index (χ0n) is 16.3. The van der Waals surface area contributed by atoms with E-state index in [9.17, 15) is 27.5 Å². The van der Waals surface area contributed by atoms with Crippen molar-refractivity contribution in [1.29, 1.82) is 0 Å². The van der Waals surface area contributed by atoms with E-state index in [1.54, 1.807) is 30.3 Å². The molecular weight excluding hydrogens is 435 g/mol. The van der Waals surface area contributed by atoms with Gasteiger partial charge in [-0.1, -0.05) is 30.3 Å². The highest BCUT2D eigenvalue weighted by Gasteiger charge is 2.26. The summed E-state index contributed by atoms with van der Waals surface area (Å²) in [5.74, 6) is -2.12. The minimum atomic E-state index is -4.19. The van der Waals surface area contributed by atoms with Crippen LogP contribution >= 0.6 is 0 Å². The molecule has 1 aliphatic rings. The lowest BCUT2D eigenvalue weighted by Gasteiger charge is -2.19. The van der Waals surface area contributed by atoms with E-state index in [4.69, 9.17) is 0 Å². The van der Waals surface area contributed by atoms with Gasteiger partial charge in [-0.25, -0.2) is 9.18 Å². The molecule has 0 amide bonds. The van der Waals surface area contributed by atoms with E-state index in [2.05, 4.69) is 9.71 Å². The molecule has 0 bridgehead atoms. The number of aromatic carboxylic acids is 1. The highest BCUT2D eigenvalue weighted by molar-refractivity contribution is 7.90. The van der Waals surface area contributed by atoms with Crippen molar-refractivity contribution < 1.29 is 27.5 Å². The van der Waals surface area contributed by atoms with Crippen LogP contribution in [0.4, 0.5) is 10.1 Å². The monoisotopic (exact) mass is 450 g/mol. The number of nitrogens with zero attached hydrogens (tertiary/aromatic N) is 1. The fourth-order valence-electron chi connectivity index (χ4n) is 3.17. The van der Waals surface area contributed by atoms with Gasteiger partial charge in [-0.2, -0.15) is 12.8 Å². The van der Waals surface area contributed by atoms with Gasteiger partial charge in [-0.3, -0.25) is 4.79 Å². The number of nitrogens with one attached hydrogen (secondary N) is 1. The van der Waals surface area contributed by atoms with Crippen LogP contribution < -0.4 is 5.32 Å². The smallest absolute Gasteiger partial charge is 0.335 e. The van der Waals surface area contributed by atoms with Gasteiger partial charge in [0.05, 0.1) is 21.9 Å². The maximum absolute atomic E-state index is 13.2. The van der Waals surface area contributed by atoms with Gasteiger partial charge in [0.25, 0.3) is 10.0 Å². The Hall–Kier alpha value is -4.11. The number of hydrogen-bond donors (Lipinski definition) is 2. The molecule has 3 aromatic carbocycles. The third-order valence-corrected chi connectivity index (χ3v) is 6.00. The van der Waals surface area contributed by atoms with Gasteiger partial charge < -0.3 is 10.4 Å². The van der Waals surface area contributed by atoms with E-state index in [-0.39, 0.29) is 27.4 Å². The van der Waals surface area contributed by atoms with Crippen molar-refractivity contribution in [3.63, 3.8) is 0 Å². The minimum Gasteiger partial charge on any atom is -0.478 e. The second-order valence-electron chi connectivity index (χ2n) is 6.85. The minimum absolute atomic E-state index is 0.0152. The fourth-order valence-corrected chi connectivity index (χ4v) is 4.17. The molecule has 0 fully saturated rings. The lowest BCUT2D eigenvalue weighted by atomic mass is 9.92. The maximum Gasteiger partial charge on any atom is 0.335 e. The number of carbonyl (C=O) groups excluding carboxylic acids is 1. The van der Waals surface area contributed by atoms with Gasteiger partial charge >= 0.3 is 5.97 Å². The highest BCUT2D eigenvalue weighted by Crippen LogP contribution is 2.25. The van der Waals surface area contributed by atoms with Crippen molar-refractivity contribution in [3.05, 3.63) is 107 Å². The van der Waals surface area contributed by atoms with Crippen molar-refractivity contribution in [1.82, 2.24) is 0 Å². The summed E-state index contributed by atoms with van der Waals surface area (Å²) in [6.07, 6.45) is 1.29. The molecule has 4 rings (SSSR count). The fraction of sp³-hybridized carbons (Fsp3) is 0. The zero-order valence-corrected chi connectivity index (χ0v) is 17.1. The summed E-state index contributed by atoms with van der Waals surface area (Å²) < 4.78 is 42.6. The first-order valence-electron chi connectivity index (χ1n) is 9.31. The Balaban J connectivity index is 1.80. The van der Waals surface area contributed by atoms with Crippen LogP contribution in [0.25, 0.3) is 0 Å². The summed E-state index contributed by atoms with van der Waals surface area (Å²) in [7, 11) is -4.19.